The van der Waals surface area contributed by atoms with Crippen LogP contribution < -0.4 is 14.5 Å². The van der Waals surface area contributed by atoms with Crippen molar-refractivity contribution in [3.05, 3.63) is 129 Å². The van der Waals surface area contributed by atoms with Crippen LogP contribution in [0.4, 0.5) is 11.4 Å². The first-order valence-corrected chi connectivity index (χ1v) is 14.4. The summed E-state index contributed by atoms with van der Waals surface area (Å²) >= 11 is 0. The Hall–Kier alpha value is -5.03. The molecular weight excluding hydrogens is 556 g/mol. The van der Waals surface area contributed by atoms with Crippen molar-refractivity contribution in [1.82, 2.24) is 5.43 Å². The molecular formula is C31H30N4O6S. The van der Waals surface area contributed by atoms with Crippen molar-refractivity contribution < 1.29 is 22.9 Å². The van der Waals surface area contributed by atoms with Gasteiger partial charge < -0.3 is 4.74 Å². The topological polar surface area (TPSA) is 131 Å². The van der Waals surface area contributed by atoms with Crippen molar-refractivity contribution in [3.63, 3.8) is 0 Å². The summed E-state index contributed by atoms with van der Waals surface area (Å²) in [5.41, 5.74) is 6.93. The second-order valence-electron chi connectivity index (χ2n) is 9.75. The third-order valence-electron chi connectivity index (χ3n) is 6.23. The predicted molar refractivity (Wildman–Crippen MR) is 161 cm³/mol. The average Bonchev–Trinajstić information content (AvgIpc) is 2.95. The Labute approximate surface area is 244 Å². The molecule has 0 unspecified atom stereocenters. The Bertz CT molecular complexity index is 1680. The lowest BCUT2D eigenvalue weighted by molar-refractivity contribution is -0.384. The quantitative estimate of drug-likeness (QED) is 0.141. The third-order valence-corrected chi connectivity index (χ3v) is 8.01. The molecule has 0 saturated carbocycles. The maximum Gasteiger partial charge on any atom is 0.269 e. The Morgan fingerprint density at radius 1 is 0.905 bits per heavy atom. The standard InChI is InChI=1S/C31H30N4O6S/c1-22-4-14-30(15-5-22)42(39,40)34(28-17-23(2)16-24(3)18-28)20-31(36)33-32-19-25-8-12-29(13-9-25)41-21-26-6-10-27(11-7-26)35(37)38/h4-19H,20-21H2,1-3H3,(H,33,36)/b32-19+. The van der Waals surface area contributed by atoms with Crippen molar-refractivity contribution >= 4 is 33.5 Å². The van der Waals surface area contributed by atoms with Gasteiger partial charge in [-0.05, 0) is 104 Å². The number of hydrazone groups is 1. The number of nitro groups is 1. The van der Waals surface area contributed by atoms with Gasteiger partial charge in [0.1, 0.15) is 18.9 Å². The molecule has 0 fully saturated rings. The highest BCUT2D eigenvalue weighted by Gasteiger charge is 2.27. The fourth-order valence-electron chi connectivity index (χ4n) is 4.12. The van der Waals surface area contributed by atoms with E-state index in [9.17, 15) is 23.3 Å². The lowest BCUT2D eigenvalue weighted by Gasteiger charge is -2.24. The molecule has 11 heteroatoms. The number of anilines is 1. The van der Waals surface area contributed by atoms with Crippen LogP contribution in [0.25, 0.3) is 0 Å². The van der Waals surface area contributed by atoms with Crippen LogP contribution in [0.15, 0.2) is 101 Å². The number of hydrogen-bond donors (Lipinski definition) is 1. The molecule has 10 nitrogen and oxygen atoms in total. The number of carbonyl (C=O) groups excluding carboxylic acids is 1. The molecule has 216 valence electrons. The van der Waals surface area contributed by atoms with Gasteiger partial charge in [0.05, 0.1) is 21.7 Å². The molecule has 1 amide bonds. The van der Waals surface area contributed by atoms with Gasteiger partial charge in [0, 0.05) is 12.1 Å². The molecule has 4 rings (SSSR count). The van der Waals surface area contributed by atoms with E-state index < -0.39 is 27.4 Å². The van der Waals surface area contributed by atoms with Gasteiger partial charge >= 0.3 is 0 Å². The first-order valence-electron chi connectivity index (χ1n) is 13.0. The minimum Gasteiger partial charge on any atom is -0.489 e. The van der Waals surface area contributed by atoms with Crippen LogP contribution in [0.1, 0.15) is 27.8 Å². The third kappa shape index (κ3) is 7.79. The molecule has 0 atom stereocenters. The first-order chi connectivity index (χ1) is 20.0. The highest BCUT2D eigenvalue weighted by atomic mass is 32.2. The van der Waals surface area contributed by atoms with Gasteiger partial charge in [0.25, 0.3) is 21.6 Å². The van der Waals surface area contributed by atoms with Gasteiger partial charge in [0.15, 0.2) is 0 Å². The number of aryl methyl sites for hydroxylation is 3. The summed E-state index contributed by atoms with van der Waals surface area (Å²) in [6, 6.07) is 24.9. The SMILES string of the molecule is Cc1ccc(S(=O)(=O)N(CC(=O)N/N=C/c2ccc(OCc3ccc([N+](=O)[O-])cc3)cc2)c2cc(C)cc(C)c2)cc1. The summed E-state index contributed by atoms with van der Waals surface area (Å²) < 4.78 is 34.0. The molecule has 0 aromatic heterocycles. The number of benzene rings is 4. The molecule has 0 bridgehead atoms. The van der Waals surface area contributed by atoms with E-state index in [2.05, 4.69) is 10.5 Å². The first kappa shape index (κ1) is 29.9. The van der Waals surface area contributed by atoms with E-state index in [1.54, 1.807) is 60.7 Å². The fourth-order valence-corrected chi connectivity index (χ4v) is 5.53. The van der Waals surface area contributed by atoms with Crippen LogP contribution in [0.3, 0.4) is 0 Å². The lowest BCUT2D eigenvalue weighted by Crippen LogP contribution is -2.39. The zero-order valence-corrected chi connectivity index (χ0v) is 24.2. The Morgan fingerprint density at radius 3 is 2.12 bits per heavy atom. The largest absolute Gasteiger partial charge is 0.489 e. The summed E-state index contributed by atoms with van der Waals surface area (Å²) in [6.07, 6.45) is 1.44. The number of nitro benzene ring substituents is 1. The summed E-state index contributed by atoms with van der Waals surface area (Å²) in [7, 11) is -4.04. The van der Waals surface area contributed by atoms with E-state index >= 15 is 0 Å². The van der Waals surface area contributed by atoms with Crippen LogP contribution >= 0.6 is 0 Å². The molecule has 4 aromatic carbocycles. The molecule has 0 spiro atoms. The molecule has 0 aliphatic heterocycles. The van der Waals surface area contributed by atoms with Crippen LogP contribution in [0, 0.1) is 30.9 Å². The van der Waals surface area contributed by atoms with E-state index in [0.717, 1.165) is 26.6 Å². The molecule has 0 aliphatic rings. The molecule has 0 saturated heterocycles. The summed E-state index contributed by atoms with van der Waals surface area (Å²) in [5, 5.41) is 14.8. The highest BCUT2D eigenvalue weighted by Crippen LogP contribution is 2.26. The number of hydrogen-bond acceptors (Lipinski definition) is 7. The van der Waals surface area contributed by atoms with E-state index in [4.69, 9.17) is 4.74 Å². The fraction of sp³-hybridized carbons (Fsp3) is 0.161. The number of nitrogens with one attached hydrogen (secondary N) is 1. The molecule has 0 heterocycles. The van der Waals surface area contributed by atoms with Crippen molar-refractivity contribution in [2.45, 2.75) is 32.3 Å². The van der Waals surface area contributed by atoms with Gasteiger partial charge in [-0.1, -0.05) is 23.8 Å². The monoisotopic (exact) mass is 586 g/mol. The smallest absolute Gasteiger partial charge is 0.269 e. The minimum atomic E-state index is -4.04. The van der Waals surface area contributed by atoms with Crippen LogP contribution in [0.2, 0.25) is 0 Å². The number of rotatable bonds is 11. The maximum absolute atomic E-state index is 13.6. The van der Waals surface area contributed by atoms with E-state index in [1.807, 2.05) is 26.8 Å². The Kier molecular flexibility index (Phi) is 9.33. The van der Waals surface area contributed by atoms with E-state index in [1.165, 1.54) is 30.5 Å². The van der Waals surface area contributed by atoms with Crippen molar-refractivity contribution in [2.75, 3.05) is 10.8 Å². The number of sulfonamides is 1. The number of nitrogens with zero attached hydrogens (tertiary/aromatic N) is 3. The van der Waals surface area contributed by atoms with Gasteiger partial charge in [-0.2, -0.15) is 5.10 Å². The highest BCUT2D eigenvalue weighted by molar-refractivity contribution is 7.92. The second kappa shape index (κ2) is 13.1. The summed E-state index contributed by atoms with van der Waals surface area (Å²) in [6.45, 7) is 5.37. The summed E-state index contributed by atoms with van der Waals surface area (Å²) in [4.78, 5) is 23.3. The van der Waals surface area contributed by atoms with Crippen molar-refractivity contribution in [2.24, 2.45) is 5.10 Å². The van der Waals surface area contributed by atoms with Crippen LogP contribution in [-0.2, 0) is 21.4 Å². The zero-order valence-electron chi connectivity index (χ0n) is 23.4. The summed E-state index contributed by atoms with van der Waals surface area (Å²) in [5.74, 6) is -0.0240. The number of amides is 1. The number of non-ortho nitro benzene ring substituents is 1. The molecule has 4 aromatic rings. The van der Waals surface area contributed by atoms with Gasteiger partial charge in [-0.25, -0.2) is 13.8 Å². The predicted octanol–water partition coefficient (Wildman–Crippen LogP) is 5.44. The molecule has 42 heavy (non-hydrogen) atoms. The second-order valence-corrected chi connectivity index (χ2v) is 11.6. The van der Waals surface area contributed by atoms with Crippen LogP contribution in [0.5, 0.6) is 5.75 Å². The zero-order chi connectivity index (χ0) is 30.3. The van der Waals surface area contributed by atoms with Crippen LogP contribution in [-0.4, -0.2) is 32.0 Å². The molecule has 0 aliphatic carbocycles. The van der Waals surface area contributed by atoms with E-state index in [0.29, 0.717) is 17.0 Å². The molecule has 0 radical (unpaired) electrons. The van der Waals surface area contributed by atoms with Gasteiger partial charge in [-0.15, -0.1) is 0 Å². The Balaban J connectivity index is 1.40. The van der Waals surface area contributed by atoms with Crippen molar-refractivity contribution in [3.8, 4) is 5.75 Å². The maximum atomic E-state index is 13.6. The number of carbonyl (C=O) groups is 1. The molecule has 1 N–H and O–H groups in total. The van der Waals surface area contributed by atoms with Gasteiger partial charge in [0.2, 0.25) is 0 Å². The number of ether oxygens (including phenoxy) is 1. The van der Waals surface area contributed by atoms with Gasteiger partial charge in [-0.3, -0.25) is 19.2 Å². The lowest BCUT2D eigenvalue weighted by atomic mass is 10.1. The van der Waals surface area contributed by atoms with E-state index in [-0.39, 0.29) is 17.2 Å². The minimum absolute atomic E-state index is 0.0142. The average molecular weight is 587 g/mol. The normalized spacial score (nSPS) is 11.3. The Morgan fingerprint density at radius 2 is 1.52 bits per heavy atom. The van der Waals surface area contributed by atoms with Crippen molar-refractivity contribution in [1.29, 1.82) is 0 Å².